The second-order valence-electron chi connectivity index (χ2n) is 16.0. The number of hydrogen-bond donors (Lipinski definition) is 0. The van der Waals surface area contributed by atoms with E-state index in [0.29, 0.717) is 19.3 Å². The second kappa shape index (κ2) is 46.8. The van der Waals surface area contributed by atoms with E-state index in [1.54, 1.807) is 0 Å². The molecule has 334 valence electrons. The van der Waals surface area contributed by atoms with Gasteiger partial charge in [0.05, 0.1) is 0 Å². The van der Waals surface area contributed by atoms with Gasteiger partial charge in [-0.1, -0.05) is 191 Å². The number of unbranched alkanes of at least 4 members (excludes halogenated alkanes) is 22. The summed E-state index contributed by atoms with van der Waals surface area (Å²) in [6.07, 6.45) is 56.6. The first kappa shape index (κ1) is 55.1. The van der Waals surface area contributed by atoms with Gasteiger partial charge in [-0.3, -0.25) is 14.4 Å². The number of esters is 3. The minimum absolute atomic E-state index is 0.0915. The molecule has 1 unspecified atom stereocenters. The third-order valence-electron chi connectivity index (χ3n) is 10.3. The lowest BCUT2D eigenvalue weighted by molar-refractivity contribution is -0.167. The fourth-order valence-corrected chi connectivity index (χ4v) is 6.60. The van der Waals surface area contributed by atoms with Crippen LogP contribution < -0.4 is 0 Å². The van der Waals surface area contributed by atoms with Crippen molar-refractivity contribution in [3.63, 3.8) is 0 Å². The molecular formula is C52H90O6. The van der Waals surface area contributed by atoms with Crippen molar-refractivity contribution >= 4 is 17.9 Å². The van der Waals surface area contributed by atoms with E-state index in [4.69, 9.17) is 14.2 Å². The summed E-state index contributed by atoms with van der Waals surface area (Å²) in [6.45, 7) is 6.42. The van der Waals surface area contributed by atoms with Crippen molar-refractivity contribution in [3.8, 4) is 0 Å². The number of hydrogen-bond acceptors (Lipinski definition) is 6. The van der Waals surface area contributed by atoms with Crippen LogP contribution in [-0.4, -0.2) is 37.2 Å². The maximum Gasteiger partial charge on any atom is 0.306 e. The van der Waals surface area contributed by atoms with Gasteiger partial charge in [-0.15, -0.1) is 0 Å². The van der Waals surface area contributed by atoms with Gasteiger partial charge >= 0.3 is 17.9 Å². The van der Waals surface area contributed by atoms with Crippen molar-refractivity contribution < 1.29 is 28.6 Å². The van der Waals surface area contributed by atoms with Crippen LogP contribution in [0.4, 0.5) is 0 Å². The molecule has 6 nitrogen and oxygen atoms in total. The third kappa shape index (κ3) is 44.2. The SMILES string of the molecule is CC/C=C\C/C=C\C/C=C\C/C=C\CCCCC(=O)OC(COC(=O)CCCCCCCC)COC(=O)CCCCCCCCCCC/C=C\CCCCCCCC. The van der Waals surface area contributed by atoms with E-state index >= 15 is 0 Å². The molecule has 0 fully saturated rings. The van der Waals surface area contributed by atoms with Gasteiger partial charge in [0, 0.05) is 19.3 Å². The Labute approximate surface area is 358 Å². The number of allylic oxidation sites excluding steroid dienone is 10. The molecular weight excluding hydrogens is 721 g/mol. The van der Waals surface area contributed by atoms with Gasteiger partial charge < -0.3 is 14.2 Å². The van der Waals surface area contributed by atoms with Gasteiger partial charge in [-0.2, -0.15) is 0 Å². The van der Waals surface area contributed by atoms with Crippen LogP contribution in [0.25, 0.3) is 0 Å². The Bertz CT molecular complexity index is 1070. The molecule has 0 radical (unpaired) electrons. The minimum Gasteiger partial charge on any atom is -0.462 e. The predicted octanol–water partition coefficient (Wildman–Crippen LogP) is 15.7. The quantitative estimate of drug-likeness (QED) is 0.0264. The maximum absolute atomic E-state index is 12.7. The van der Waals surface area contributed by atoms with Crippen LogP contribution in [0.1, 0.15) is 233 Å². The minimum atomic E-state index is -0.791. The van der Waals surface area contributed by atoms with Gasteiger partial charge in [-0.25, -0.2) is 0 Å². The van der Waals surface area contributed by atoms with Gasteiger partial charge in [0.25, 0.3) is 0 Å². The molecule has 0 aromatic rings. The van der Waals surface area contributed by atoms with E-state index < -0.39 is 6.10 Å². The van der Waals surface area contributed by atoms with Crippen molar-refractivity contribution in [2.75, 3.05) is 13.2 Å². The normalized spacial score (nSPS) is 12.5. The lowest BCUT2D eigenvalue weighted by Gasteiger charge is -2.18. The van der Waals surface area contributed by atoms with Crippen molar-refractivity contribution in [1.29, 1.82) is 0 Å². The highest BCUT2D eigenvalue weighted by molar-refractivity contribution is 5.71. The lowest BCUT2D eigenvalue weighted by atomic mass is 10.1. The van der Waals surface area contributed by atoms with Gasteiger partial charge in [0.2, 0.25) is 0 Å². The molecule has 0 N–H and O–H groups in total. The summed E-state index contributed by atoms with van der Waals surface area (Å²) in [5.74, 6) is -0.945. The van der Waals surface area contributed by atoms with Crippen LogP contribution in [0.3, 0.4) is 0 Å². The number of carbonyl (C=O) groups is 3. The first-order valence-electron chi connectivity index (χ1n) is 24.3. The highest BCUT2D eigenvalue weighted by Gasteiger charge is 2.19. The van der Waals surface area contributed by atoms with Crippen LogP contribution in [0.2, 0.25) is 0 Å². The van der Waals surface area contributed by atoms with Crippen LogP contribution in [0.15, 0.2) is 60.8 Å². The zero-order valence-electron chi connectivity index (χ0n) is 38.0. The summed E-state index contributed by atoms with van der Waals surface area (Å²) in [7, 11) is 0. The molecule has 0 aromatic carbocycles. The summed E-state index contributed by atoms with van der Waals surface area (Å²) in [6, 6.07) is 0. The smallest absolute Gasteiger partial charge is 0.306 e. The van der Waals surface area contributed by atoms with Gasteiger partial charge in [0.1, 0.15) is 13.2 Å². The number of rotatable bonds is 43. The monoisotopic (exact) mass is 811 g/mol. The molecule has 0 bridgehead atoms. The summed E-state index contributed by atoms with van der Waals surface area (Å²) < 4.78 is 16.6. The zero-order valence-corrected chi connectivity index (χ0v) is 38.0. The van der Waals surface area contributed by atoms with E-state index in [1.807, 2.05) is 0 Å². The molecule has 0 amide bonds. The Morgan fingerprint density at radius 1 is 0.362 bits per heavy atom. The van der Waals surface area contributed by atoms with Crippen molar-refractivity contribution in [3.05, 3.63) is 60.8 Å². The predicted molar refractivity (Wildman–Crippen MR) is 247 cm³/mol. The zero-order chi connectivity index (χ0) is 42.3. The largest absolute Gasteiger partial charge is 0.462 e. The molecule has 58 heavy (non-hydrogen) atoms. The molecule has 0 aliphatic rings. The van der Waals surface area contributed by atoms with Gasteiger partial charge in [-0.05, 0) is 83.5 Å². The fraction of sp³-hybridized carbons (Fsp3) is 0.750. The van der Waals surface area contributed by atoms with Crippen LogP contribution >= 0.6 is 0 Å². The molecule has 0 aliphatic carbocycles. The molecule has 0 spiro atoms. The van der Waals surface area contributed by atoms with Gasteiger partial charge in [0.15, 0.2) is 6.10 Å². The molecule has 6 heteroatoms. The number of ether oxygens (including phenoxy) is 3. The Hall–Kier alpha value is -2.89. The Balaban J connectivity index is 4.27. The van der Waals surface area contributed by atoms with Crippen LogP contribution in [0, 0.1) is 0 Å². The molecule has 0 aliphatic heterocycles. The summed E-state index contributed by atoms with van der Waals surface area (Å²) in [5.41, 5.74) is 0. The topological polar surface area (TPSA) is 78.9 Å². The Kier molecular flexibility index (Phi) is 44.5. The molecule has 0 rings (SSSR count). The molecule has 0 saturated carbocycles. The summed E-state index contributed by atoms with van der Waals surface area (Å²) >= 11 is 0. The molecule has 1 atom stereocenters. The van der Waals surface area contributed by atoms with Crippen molar-refractivity contribution in [2.24, 2.45) is 0 Å². The first-order valence-corrected chi connectivity index (χ1v) is 24.3. The number of carbonyl (C=O) groups excluding carboxylic acids is 3. The Morgan fingerprint density at radius 2 is 0.672 bits per heavy atom. The maximum atomic E-state index is 12.7. The highest BCUT2D eigenvalue weighted by Crippen LogP contribution is 2.14. The van der Waals surface area contributed by atoms with Crippen LogP contribution in [-0.2, 0) is 28.6 Å². The standard InChI is InChI=1S/C52H90O6/c1-4-7-10-13-16-18-20-22-24-25-26-27-29-30-32-34-36-39-42-45-51(54)57-48-49(47-56-50(53)44-41-38-15-12-9-6-3)58-52(55)46-43-40-37-35-33-31-28-23-21-19-17-14-11-8-5-2/h8,11,17,19,22-24,28,33,35,49H,4-7,9-10,12-16,18,20-21,25-27,29-32,34,36-48H2,1-3H3/b11-8-,19-17-,24-22-,28-23-,35-33-. The lowest BCUT2D eigenvalue weighted by Crippen LogP contribution is -2.30. The molecule has 0 aromatic heterocycles. The summed E-state index contributed by atoms with van der Waals surface area (Å²) in [4.78, 5) is 37.6. The van der Waals surface area contributed by atoms with Crippen molar-refractivity contribution in [2.45, 2.75) is 239 Å². The first-order chi connectivity index (χ1) is 28.5. The van der Waals surface area contributed by atoms with Crippen LogP contribution in [0.5, 0.6) is 0 Å². The van der Waals surface area contributed by atoms with E-state index in [9.17, 15) is 14.4 Å². The average Bonchev–Trinajstić information content (AvgIpc) is 3.22. The third-order valence-corrected chi connectivity index (χ3v) is 10.3. The molecule has 0 heterocycles. The van der Waals surface area contributed by atoms with E-state index in [2.05, 4.69) is 81.5 Å². The van der Waals surface area contributed by atoms with Crippen molar-refractivity contribution in [1.82, 2.24) is 0 Å². The molecule has 0 saturated heterocycles. The van der Waals surface area contributed by atoms with E-state index in [-0.39, 0.29) is 37.5 Å². The summed E-state index contributed by atoms with van der Waals surface area (Å²) in [5, 5.41) is 0. The fourth-order valence-electron chi connectivity index (χ4n) is 6.60. The second-order valence-corrected chi connectivity index (χ2v) is 16.0. The Morgan fingerprint density at radius 3 is 1.10 bits per heavy atom. The highest BCUT2D eigenvalue weighted by atomic mass is 16.6. The van der Waals surface area contributed by atoms with E-state index in [0.717, 1.165) is 77.0 Å². The average molecular weight is 811 g/mol. The van der Waals surface area contributed by atoms with E-state index in [1.165, 1.54) is 109 Å².